The van der Waals surface area contributed by atoms with Crippen LogP contribution in [0.3, 0.4) is 0 Å². The number of amides is 1. The third kappa shape index (κ3) is 5.70. The summed E-state index contributed by atoms with van der Waals surface area (Å²) in [7, 11) is -4.33. The summed E-state index contributed by atoms with van der Waals surface area (Å²) >= 11 is 0. The topological polar surface area (TPSA) is 99.1 Å². The van der Waals surface area contributed by atoms with Gasteiger partial charge < -0.3 is 5.32 Å². The van der Waals surface area contributed by atoms with Crippen LogP contribution < -0.4 is 10.0 Å². The standard InChI is InChI=1S/C23H18F3N3O3S/c1-15(5-4-12-27)28-22(30)20-11-9-18(23(24,25)26)14-21(20)29-33(31,32)19-10-8-16-6-2-3-7-17(16)13-19/h2-3,6-11,13-14,29H,1,4-5H2,(H,28,30). The summed E-state index contributed by atoms with van der Waals surface area (Å²) in [6.07, 6.45) is -4.54. The number of halogens is 3. The second kappa shape index (κ2) is 9.34. The maximum Gasteiger partial charge on any atom is 0.416 e. The van der Waals surface area contributed by atoms with Crippen LogP contribution in [-0.2, 0) is 16.2 Å². The molecule has 0 spiro atoms. The van der Waals surface area contributed by atoms with E-state index in [2.05, 4.69) is 16.6 Å². The zero-order chi connectivity index (χ0) is 24.2. The fraction of sp³-hybridized carbons (Fsp3) is 0.130. The van der Waals surface area contributed by atoms with Gasteiger partial charge in [-0.3, -0.25) is 9.52 Å². The number of benzene rings is 3. The second-order valence-corrected chi connectivity index (χ2v) is 8.77. The Hall–Kier alpha value is -3.84. The van der Waals surface area contributed by atoms with Crippen molar-refractivity contribution in [1.82, 2.24) is 5.32 Å². The first kappa shape index (κ1) is 23.8. The lowest BCUT2D eigenvalue weighted by molar-refractivity contribution is -0.137. The zero-order valence-electron chi connectivity index (χ0n) is 17.1. The van der Waals surface area contributed by atoms with Crippen LogP contribution in [0.2, 0.25) is 0 Å². The minimum Gasteiger partial charge on any atom is -0.326 e. The molecule has 6 nitrogen and oxygen atoms in total. The van der Waals surface area contributed by atoms with Crippen molar-refractivity contribution in [3.05, 3.63) is 84.1 Å². The molecule has 0 heterocycles. The number of sulfonamides is 1. The van der Waals surface area contributed by atoms with Gasteiger partial charge in [-0.15, -0.1) is 0 Å². The Balaban J connectivity index is 2.00. The van der Waals surface area contributed by atoms with Gasteiger partial charge in [0.05, 0.1) is 27.8 Å². The van der Waals surface area contributed by atoms with Gasteiger partial charge >= 0.3 is 6.18 Å². The molecule has 3 aromatic rings. The van der Waals surface area contributed by atoms with Crippen LogP contribution in [0.25, 0.3) is 10.8 Å². The first-order chi connectivity index (χ1) is 15.5. The molecule has 0 fully saturated rings. The molecule has 33 heavy (non-hydrogen) atoms. The number of carbonyl (C=O) groups excluding carboxylic acids is 1. The summed E-state index contributed by atoms with van der Waals surface area (Å²) in [5.41, 5.74) is -1.82. The fourth-order valence-corrected chi connectivity index (χ4v) is 4.14. The van der Waals surface area contributed by atoms with Crippen molar-refractivity contribution < 1.29 is 26.4 Å². The van der Waals surface area contributed by atoms with E-state index in [0.717, 1.165) is 11.5 Å². The van der Waals surface area contributed by atoms with Crippen molar-refractivity contribution in [2.45, 2.75) is 23.9 Å². The first-order valence-electron chi connectivity index (χ1n) is 9.60. The number of allylic oxidation sites excluding steroid dienone is 1. The van der Waals surface area contributed by atoms with Crippen molar-refractivity contribution in [2.75, 3.05) is 4.72 Å². The van der Waals surface area contributed by atoms with Gasteiger partial charge in [0.25, 0.3) is 15.9 Å². The summed E-state index contributed by atoms with van der Waals surface area (Å²) in [4.78, 5) is 12.4. The number of nitrogens with zero attached hydrogens (tertiary/aromatic N) is 1. The lowest BCUT2D eigenvalue weighted by Crippen LogP contribution is -2.25. The van der Waals surface area contributed by atoms with E-state index in [0.29, 0.717) is 17.5 Å². The maximum absolute atomic E-state index is 13.3. The molecule has 3 aromatic carbocycles. The quantitative estimate of drug-likeness (QED) is 0.492. The van der Waals surface area contributed by atoms with Crippen LogP contribution in [0.15, 0.2) is 77.8 Å². The molecular weight excluding hydrogens is 455 g/mol. The number of rotatable bonds is 7. The molecule has 0 radical (unpaired) electrons. The minimum atomic E-state index is -4.76. The second-order valence-electron chi connectivity index (χ2n) is 7.09. The fourth-order valence-electron chi connectivity index (χ4n) is 3.04. The Morgan fingerprint density at radius 1 is 1.03 bits per heavy atom. The molecule has 0 bridgehead atoms. The summed E-state index contributed by atoms with van der Waals surface area (Å²) in [6.45, 7) is 3.59. The largest absolute Gasteiger partial charge is 0.416 e. The van der Waals surface area contributed by atoms with Gasteiger partial charge in [0.15, 0.2) is 0 Å². The minimum absolute atomic E-state index is 0.0770. The van der Waals surface area contributed by atoms with Crippen molar-refractivity contribution in [3.8, 4) is 6.07 Å². The average Bonchev–Trinajstić information content (AvgIpc) is 2.76. The molecule has 0 unspecified atom stereocenters. The molecular formula is C23H18F3N3O3S. The van der Waals surface area contributed by atoms with Gasteiger partial charge in [-0.25, -0.2) is 8.42 Å². The van der Waals surface area contributed by atoms with E-state index >= 15 is 0 Å². The molecule has 1 amide bonds. The van der Waals surface area contributed by atoms with Gasteiger partial charge in [-0.1, -0.05) is 36.9 Å². The Kier molecular flexibility index (Phi) is 6.74. The number of fused-ring (bicyclic) bond motifs is 1. The van der Waals surface area contributed by atoms with E-state index in [4.69, 9.17) is 5.26 Å². The highest BCUT2D eigenvalue weighted by Crippen LogP contribution is 2.33. The lowest BCUT2D eigenvalue weighted by Gasteiger charge is -2.16. The van der Waals surface area contributed by atoms with Crippen LogP contribution in [0.4, 0.5) is 18.9 Å². The number of alkyl halides is 3. The van der Waals surface area contributed by atoms with E-state index in [-0.39, 0.29) is 29.0 Å². The van der Waals surface area contributed by atoms with E-state index in [9.17, 15) is 26.4 Å². The summed E-state index contributed by atoms with van der Waals surface area (Å²) in [6, 6.07) is 15.3. The summed E-state index contributed by atoms with van der Waals surface area (Å²) in [5.74, 6) is -0.858. The van der Waals surface area contributed by atoms with Gasteiger partial charge in [-0.05, 0) is 47.5 Å². The summed E-state index contributed by atoms with van der Waals surface area (Å²) < 4.78 is 67.8. The van der Waals surface area contributed by atoms with Gasteiger partial charge in [0.1, 0.15) is 0 Å². The Morgan fingerprint density at radius 3 is 2.39 bits per heavy atom. The number of carbonyl (C=O) groups is 1. The average molecular weight is 473 g/mol. The monoisotopic (exact) mass is 473 g/mol. The zero-order valence-corrected chi connectivity index (χ0v) is 17.9. The SMILES string of the molecule is C=C(CCC#N)NC(=O)c1ccc(C(F)(F)F)cc1NS(=O)(=O)c1ccc2ccccc2c1. The predicted octanol–water partition coefficient (Wildman–Crippen LogP) is 5.21. The van der Waals surface area contributed by atoms with Crippen molar-refractivity contribution in [3.63, 3.8) is 0 Å². The van der Waals surface area contributed by atoms with Crippen LogP contribution in [0.5, 0.6) is 0 Å². The predicted molar refractivity (Wildman–Crippen MR) is 118 cm³/mol. The Labute approximate surface area is 188 Å². The van der Waals surface area contributed by atoms with Crippen LogP contribution in [-0.4, -0.2) is 14.3 Å². The molecule has 0 saturated heterocycles. The molecule has 10 heteroatoms. The Morgan fingerprint density at radius 2 is 1.73 bits per heavy atom. The number of hydrogen-bond donors (Lipinski definition) is 2. The number of nitrogens with one attached hydrogen (secondary N) is 2. The normalized spacial score (nSPS) is 11.6. The number of nitriles is 1. The third-order valence-electron chi connectivity index (χ3n) is 4.70. The highest BCUT2D eigenvalue weighted by molar-refractivity contribution is 7.92. The van der Waals surface area contributed by atoms with Gasteiger partial charge in [-0.2, -0.15) is 18.4 Å². The molecule has 0 aliphatic carbocycles. The van der Waals surface area contributed by atoms with E-state index in [1.165, 1.54) is 12.1 Å². The maximum atomic E-state index is 13.3. The lowest BCUT2D eigenvalue weighted by atomic mass is 10.1. The molecule has 0 saturated carbocycles. The molecule has 3 rings (SSSR count). The van der Waals surface area contributed by atoms with Gasteiger partial charge in [0.2, 0.25) is 0 Å². The highest BCUT2D eigenvalue weighted by Gasteiger charge is 2.32. The van der Waals surface area contributed by atoms with Crippen LogP contribution in [0, 0.1) is 11.3 Å². The first-order valence-corrected chi connectivity index (χ1v) is 11.1. The van der Waals surface area contributed by atoms with E-state index in [1.807, 2.05) is 6.07 Å². The smallest absolute Gasteiger partial charge is 0.326 e. The molecule has 0 aromatic heterocycles. The molecule has 0 aliphatic heterocycles. The molecule has 0 aliphatic rings. The van der Waals surface area contributed by atoms with Gasteiger partial charge in [0, 0.05) is 12.1 Å². The number of hydrogen-bond acceptors (Lipinski definition) is 4. The Bertz CT molecular complexity index is 1380. The van der Waals surface area contributed by atoms with Crippen molar-refractivity contribution >= 4 is 32.4 Å². The summed E-state index contributed by atoms with van der Waals surface area (Å²) in [5, 5.41) is 12.4. The third-order valence-corrected chi connectivity index (χ3v) is 6.06. The molecule has 0 atom stereocenters. The van der Waals surface area contributed by atoms with Crippen LogP contribution >= 0.6 is 0 Å². The number of anilines is 1. The van der Waals surface area contributed by atoms with Crippen LogP contribution in [0.1, 0.15) is 28.8 Å². The van der Waals surface area contributed by atoms with Crippen molar-refractivity contribution in [2.24, 2.45) is 0 Å². The van der Waals surface area contributed by atoms with E-state index in [1.54, 1.807) is 30.3 Å². The molecule has 2 N–H and O–H groups in total. The highest BCUT2D eigenvalue weighted by atomic mass is 32.2. The van der Waals surface area contributed by atoms with E-state index < -0.39 is 33.4 Å². The molecule has 170 valence electrons. The van der Waals surface area contributed by atoms with Crippen molar-refractivity contribution in [1.29, 1.82) is 5.26 Å².